The summed E-state index contributed by atoms with van der Waals surface area (Å²) in [6.45, 7) is 1.94. The summed E-state index contributed by atoms with van der Waals surface area (Å²) in [6, 6.07) is 5.80. The van der Waals surface area contributed by atoms with Gasteiger partial charge in [-0.25, -0.2) is 0 Å². The van der Waals surface area contributed by atoms with Crippen molar-refractivity contribution in [3.63, 3.8) is 0 Å². The summed E-state index contributed by atoms with van der Waals surface area (Å²) >= 11 is 1.95. The standard InChI is InChI=1S/C13H18N2OS/c1-9-2-3-10(8-12(9)14)13(16)15-11-4-6-17-7-5-11/h2-3,8,11H,4-7,14H2,1H3,(H,15,16). The number of aryl methyl sites for hydroxylation is 1. The molecule has 1 heterocycles. The van der Waals surface area contributed by atoms with Gasteiger partial charge >= 0.3 is 0 Å². The van der Waals surface area contributed by atoms with Gasteiger partial charge in [-0.2, -0.15) is 11.8 Å². The van der Waals surface area contributed by atoms with E-state index in [0.717, 1.165) is 29.9 Å². The number of nitrogens with two attached hydrogens (primary N) is 1. The summed E-state index contributed by atoms with van der Waals surface area (Å²) in [6.07, 6.45) is 2.13. The number of hydrogen-bond acceptors (Lipinski definition) is 3. The monoisotopic (exact) mass is 250 g/mol. The summed E-state index contributed by atoms with van der Waals surface area (Å²) in [7, 11) is 0. The van der Waals surface area contributed by atoms with Gasteiger partial charge in [0.25, 0.3) is 5.91 Å². The number of carbonyl (C=O) groups excluding carboxylic acids is 1. The topological polar surface area (TPSA) is 55.1 Å². The molecule has 0 spiro atoms. The van der Waals surface area contributed by atoms with Crippen molar-refractivity contribution in [3.05, 3.63) is 29.3 Å². The van der Waals surface area contributed by atoms with Gasteiger partial charge < -0.3 is 11.1 Å². The highest BCUT2D eigenvalue weighted by Crippen LogP contribution is 2.18. The third-order valence-corrected chi connectivity index (χ3v) is 4.15. The van der Waals surface area contributed by atoms with Gasteiger partial charge in [0.2, 0.25) is 0 Å². The molecule has 2 rings (SSSR count). The van der Waals surface area contributed by atoms with Gasteiger partial charge in [-0.3, -0.25) is 4.79 Å². The van der Waals surface area contributed by atoms with Crippen LogP contribution in [0.1, 0.15) is 28.8 Å². The molecule has 4 heteroatoms. The molecule has 0 atom stereocenters. The molecule has 17 heavy (non-hydrogen) atoms. The second-order valence-corrected chi connectivity index (χ2v) is 5.66. The van der Waals surface area contributed by atoms with Gasteiger partial charge in [0.05, 0.1) is 0 Å². The first-order chi connectivity index (χ1) is 8.16. The molecular formula is C13H18N2OS. The van der Waals surface area contributed by atoms with E-state index in [1.165, 1.54) is 0 Å². The van der Waals surface area contributed by atoms with Crippen molar-refractivity contribution in [3.8, 4) is 0 Å². The zero-order valence-electron chi connectivity index (χ0n) is 10.0. The zero-order chi connectivity index (χ0) is 12.3. The van der Waals surface area contributed by atoms with Crippen LogP contribution in [-0.2, 0) is 0 Å². The number of nitrogens with one attached hydrogen (secondary N) is 1. The molecule has 1 amide bonds. The Bertz CT molecular complexity index is 414. The number of nitrogen functional groups attached to an aromatic ring is 1. The Morgan fingerprint density at radius 2 is 2.12 bits per heavy atom. The lowest BCUT2D eigenvalue weighted by Crippen LogP contribution is -2.37. The van der Waals surface area contributed by atoms with E-state index in [1.807, 2.05) is 30.8 Å². The second kappa shape index (κ2) is 5.45. The molecule has 1 aliphatic heterocycles. The van der Waals surface area contributed by atoms with Crippen LogP contribution in [0.3, 0.4) is 0 Å². The largest absolute Gasteiger partial charge is 0.398 e. The van der Waals surface area contributed by atoms with E-state index < -0.39 is 0 Å². The first kappa shape index (κ1) is 12.3. The van der Waals surface area contributed by atoms with Gasteiger partial charge in [-0.1, -0.05) is 6.07 Å². The second-order valence-electron chi connectivity index (χ2n) is 4.43. The molecule has 0 radical (unpaired) electrons. The van der Waals surface area contributed by atoms with Gasteiger partial charge in [0.1, 0.15) is 0 Å². The Labute approximate surface area is 106 Å². The van der Waals surface area contributed by atoms with Crippen LogP contribution in [0.2, 0.25) is 0 Å². The van der Waals surface area contributed by atoms with Gasteiger partial charge in [-0.15, -0.1) is 0 Å². The Hall–Kier alpha value is -1.16. The van der Waals surface area contributed by atoms with Gasteiger partial charge in [0, 0.05) is 17.3 Å². The molecule has 1 saturated heterocycles. The number of amides is 1. The van der Waals surface area contributed by atoms with Gasteiger partial charge in [0.15, 0.2) is 0 Å². The fraction of sp³-hybridized carbons (Fsp3) is 0.462. The third-order valence-electron chi connectivity index (χ3n) is 3.10. The van der Waals surface area contributed by atoms with E-state index >= 15 is 0 Å². The molecule has 1 fully saturated rings. The van der Waals surface area contributed by atoms with E-state index in [1.54, 1.807) is 6.07 Å². The maximum absolute atomic E-state index is 12.0. The summed E-state index contributed by atoms with van der Waals surface area (Å²) in [5.41, 5.74) is 8.15. The maximum atomic E-state index is 12.0. The Balaban J connectivity index is 2.01. The van der Waals surface area contributed by atoms with Gasteiger partial charge in [-0.05, 0) is 49.0 Å². The molecule has 92 valence electrons. The molecular weight excluding hydrogens is 232 g/mol. The summed E-state index contributed by atoms with van der Waals surface area (Å²) < 4.78 is 0. The lowest BCUT2D eigenvalue weighted by atomic mass is 10.1. The minimum Gasteiger partial charge on any atom is -0.398 e. The SMILES string of the molecule is Cc1ccc(C(=O)NC2CCSCC2)cc1N. The predicted molar refractivity (Wildman–Crippen MR) is 73.4 cm³/mol. The van der Waals surface area contributed by atoms with E-state index in [4.69, 9.17) is 5.73 Å². The molecule has 3 N–H and O–H groups in total. The summed E-state index contributed by atoms with van der Waals surface area (Å²) in [4.78, 5) is 12.0. The van der Waals surface area contributed by atoms with E-state index in [-0.39, 0.29) is 5.91 Å². The number of carbonyl (C=O) groups is 1. The van der Waals surface area contributed by atoms with Crippen LogP contribution in [0.25, 0.3) is 0 Å². The molecule has 0 aromatic heterocycles. The molecule has 1 aromatic rings. The Morgan fingerprint density at radius 1 is 1.41 bits per heavy atom. The average molecular weight is 250 g/mol. The maximum Gasteiger partial charge on any atom is 0.251 e. The zero-order valence-corrected chi connectivity index (χ0v) is 10.8. The fourth-order valence-corrected chi connectivity index (χ4v) is 3.00. The van der Waals surface area contributed by atoms with Crippen LogP contribution in [0.15, 0.2) is 18.2 Å². The normalized spacial score (nSPS) is 16.8. The smallest absolute Gasteiger partial charge is 0.251 e. The van der Waals surface area contributed by atoms with Crippen molar-refractivity contribution in [2.75, 3.05) is 17.2 Å². The highest BCUT2D eigenvalue weighted by atomic mass is 32.2. The van der Waals surface area contributed by atoms with Crippen LogP contribution in [0.4, 0.5) is 5.69 Å². The number of benzene rings is 1. The number of thioether (sulfide) groups is 1. The Morgan fingerprint density at radius 3 is 2.76 bits per heavy atom. The number of anilines is 1. The molecule has 0 aliphatic carbocycles. The van der Waals surface area contributed by atoms with E-state index in [2.05, 4.69) is 5.32 Å². The molecule has 0 unspecified atom stereocenters. The quantitative estimate of drug-likeness (QED) is 0.791. The molecule has 1 aromatic carbocycles. The summed E-state index contributed by atoms with van der Waals surface area (Å²) in [5.74, 6) is 2.27. The third kappa shape index (κ3) is 3.16. The van der Waals surface area contributed by atoms with Crippen molar-refractivity contribution in [2.24, 2.45) is 0 Å². The van der Waals surface area contributed by atoms with Crippen LogP contribution < -0.4 is 11.1 Å². The minimum absolute atomic E-state index is 0.00593. The summed E-state index contributed by atoms with van der Waals surface area (Å²) in [5, 5.41) is 3.07. The van der Waals surface area contributed by atoms with Crippen LogP contribution in [0.5, 0.6) is 0 Å². The lowest BCUT2D eigenvalue weighted by Gasteiger charge is -2.22. The molecule has 1 aliphatic rings. The van der Waals surface area contributed by atoms with Crippen LogP contribution in [0, 0.1) is 6.92 Å². The van der Waals surface area contributed by atoms with Crippen molar-refractivity contribution >= 4 is 23.4 Å². The predicted octanol–water partition coefficient (Wildman–Crippen LogP) is 2.20. The lowest BCUT2D eigenvalue weighted by molar-refractivity contribution is 0.0935. The highest BCUT2D eigenvalue weighted by molar-refractivity contribution is 7.99. The minimum atomic E-state index is -0.00593. The average Bonchev–Trinajstić information content (AvgIpc) is 2.34. The van der Waals surface area contributed by atoms with Crippen LogP contribution >= 0.6 is 11.8 Å². The number of hydrogen-bond donors (Lipinski definition) is 2. The van der Waals surface area contributed by atoms with E-state index in [0.29, 0.717) is 17.3 Å². The van der Waals surface area contributed by atoms with Crippen molar-refractivity contribution in [2.45, 2.75) is 25.8 Å². The molecule has 0 saturated carbocycles. The van der Waals surface area contributed by atoms with E-state index in [9.17, 15) is 4.79 Å². The van der Waals surface area contributed by atoms with Crippen LogP contribution in [-0.4, -0.2) is 23.5 Å². The Kier molecular flexibility index (Phi) is 3.94. The number of rotatable bonds is 2. The fourth-order valence-electron chi connectivity index (χ4n) is 1.89. The highest BCUT2D eigenvalue weighted by Gasteiger charge is 2.16. The first-order valence-corrected chi connectivity index (χ1v) is 7.07. The van der Waals surface area contributed by atoms with Crippen molar-refractivity contribution in [1.29, 1.82) is 0 Å². The molecule has 3 nitrogen and oxygen atoms in total. The van der Waals surface area contributed by atoms with Crippen molar-refractivity contribution in [1.82, 2.24) is 5.32 Å². The molecule has 0 bridgehead atoms. The van der Waals surface area contributed by atoms with Crippen molar-refractivity contribution < 1.29 is 4.79 Å². The first-order valence-electron chi connectivity index (χ1n) is 5.91.